The number of hydrogen-bond donors (Lipinski definition) is 2. The first-order valence-corrected chi connectivity index (χ1v) is 17.6. The molecule has 10 heteroatoms. The fraction of sp³-hybridized carbons (Fsp3) is 0.595. The normalized spacial score (nSPS) is 24.8. The zero-order valence-corrected chi connectivity index (χ0v) is 27.6. The van der Waals surface area contributed by atoms with Crippen molar-refractivity contribution in [1.82, 2.24) is 20.1 Å². The number of nitrogens with one attached hydrogen (secondary N) is 2. The molecule has 5 heterocycles. The lowest BCUT2D eigenvalue weighted by Crippen LogP contribution is -2.66. The van der Waals surface area contributed by atoms with E-state index in [1.54, 1.807) is 13.4 Å². The zero-order valence-electron chi connectivity index (χ0n) is 27.6. The van der Waals surface area contributed by atoms with Gasteiger partial charge in [-0.1, -0.05) is 37.8 Å². The highest BCUT2D eigenvalue weighted by Gasteiger charge is 2.59. The Morgan fingerprint density at radius 2 is 1.96 bits per heavy atom. The minimum atomic E-state index is -0.808. The number of H-pyrrole nitrogens is 1. The Hall–Kier alpha value is -3.63. The molecule has 0 unspecified atom stereocenters. The molecule has 0 bridgehead atoms. The van der Waals surface area contributed by atoms with E-state index in [1.807, 2.05) is 21.9 Å². The Morgan fingerprint density at radius 1 is 1.13 bits per heavy atom. The summed E-state index contributed by atoms with van der Waals surface area (Å²) in [4.78, 5) is 50.3. The van der Waals surface area contributed by atoms with Crippen LogP contribution >= 0.6 is 0 Å². The summed E-state index contributed by atoms with van der Waals surface area (Å²) in [5, 5.41) is 4.11. The highest BCUT2D eigenvalue weighted by atomic mass is 16.5. The van der Waals surface area contributed by atoms with Gasteiger partial charge < -0.3 is 34.0 Å². The number of aromatic amines is 1. The number of carbonyl (C=O) groups excluding carboxylic acids is 3. The summed E-state index contributed by atoms with van der Waals surface area (Å²) in [6.45, 7) is 3.69. The Bertz CT molecular complexity index is 1570. The predicted octanol–water partition coefficient (Wildman–Crippen LogP) is 5.02. The van der Waals surface area contributed by atoms with Gasteiger partial charge in [0.2, 0.25) is 17.7 Å². The second-order valence-electron chi connectivity index (χ2n) is 13.9. The van der Waals surface area contributed by atoms with Crippen LogP contribution in [-0.2, 0) is 35.8 Å². The summed E-state index contributed by atoms with van der Waals surface area (Å²) >= 11 is 0. The van der Waals surface area contributed by atoms with E-state index < -0.39 is 17.4 Å². The number of benzene rings is 1. The summed E-state index contributed by atoms with van der Waals surface area (Å²) in [5.74, 6) is 0.293. The molecule has 1 aromatic carbocycles. The molecular formula is C37H48N4O6. The number of fused-ring (bicyclic) bond motifs is 5. The van der Waals surface area contributed by atoms with E-state index in [2.05, 4.69) is 28.5 Å². The van der Waals surface area contributed by atoms with Crippen LogP contribution in [0.15, 0.2) is 41.0 Å². The fourth-order valence-corrected chi connectivity index (χ4v) is 8.89. The fourth-order valence-electron chi connectivity index (χ4n) is 8.89. The van der Waals surface area contributed by atoms with E-state index >= 15 is 0 Å². The van der Waals surface area contributed by atoms with Gasteiger partial charge in [-0.3, -0.25) is 14.4 Å². The molecule has 2 aromatic heterocycles. The maximum Gasteiger partial charge on any atom is 0.228 e. The molecule has 7 rings (SSSR count). The second-order valence-corrected chi connectivity index (χ2v) is 13.9. The second kappa shape index (κ2) is 13.8. The number of methoxy groups -OCH3 is 1. The minimum Gasteiger partial charge on any atom is -0.464 e. The van der Waals surface area contributed by atoms with Crippen LogP contribution in [0.4, 0.5) is 0 Å². The van der Waals surface area contributed by atoms with Gasteiger partial charge in [0, 0.05) is 74.4 Å². The van der Waals surface area contributed by atoms with Crippen molar-refractivity contribution in [3.05, 3.63) is 47.9 Å². The standard InChI is InChI=1S/C37H48N4O6/c1-45-18-5-14-38-33(42)24-27-22-30(36(44)40-16-20-46-21-17-40)37(13-11-25-6-2-3-7-25)34-29(12-15-41(37)35(27)43)28-10-9-26(23-31(28)39-34)32-8-4-19-47-32/h4,8-10,19,23,25,27,30,39H,2-3,5-7,11-18,20-22,24H2,1H3,(H,38,42)/t27-,30-,37+/m1/s1. The maximum absolute atomic E-state index is 14.8. The summed E-state index contributed by atoms with van der Waals surface area (Å²) in [6.07, 6.45) is 10.1. The molecule has 4 aliphatic rings. The van der Waals surface area contributed by atoms with Gasteiger partial charge in [-0.2, -0.15) is 0 Å². The summed E-state index contributed by atoms with van der Waals surface area (Å²) < 4.78 is 16.5. The number of morpholine rings is 1. The number of ether oxygens (including phenoxy) is 2. The number of hydrogen-bond acceptors (Lipinski definition) is 6. The van der Waals surface area contributed by atoms with Crippen LogP contribution in [0, 0.1) is 17.8 Å². The number of furan rings is 1. The molecule has 252 valence electrons. The van der Waals surface area contributed by atoms with Gasteiger partial charge in [0.05, 0.1) is 30.9 Å². The molecule has 1 saturated carbocycles. The van der Waals surface area contributed by atoms with Crippen molar-refractivity contribution in [2.75, 3.05) is 53.1 Å². The molecule has 3 amide bonds. The third-order valence-electron chi connectivity index (χ3n) is 11.2. The third kappa shape index (κ3) is 6.10. The van der Waals surface area contributed by atoms with Crippen molar-refractivity contribution in [2.24, 2.45) is 17.8 Å². The Morgan fingerprint density at radius 3 is 2.72 bits per heavy atom. The first-order chi connectivity index (χ1) is 23.0. The average molecular weight is 645 g/mol. The van der Waals surface area contributed by atoms with E-state index in [1.165, 1.54) is 31.2 Å². The van der Waals surface area contributed by atoms with Crippen LogP contribution < -0.4 is 5.32 Å². The van der Waals surface area contributed by atoms with Crippen molar-refractivity contribution in [2.45, 2.75) is 69.7 Å². The molecule has 0 radical (unpaired) electrons. The van der Waals surface area contributed by atoms with Crippen LogP contribution in [0.3, 0.4) is 0 Å². The zero-order chi connectivity index (χ0) is 32.4. The van der Waals surface area contributed by atoms with E-state index in [9.17, 15) is 14.4 Å². The van der Waals surface area contributed by atoms with Crippen molar-refractivity contribution in [3.63, 3.8) is 0 Å². The van der Waals surface area contributed by atoms with Crippen molar-refractivity contribution >= 4 is 28.6 Å². The Labute approximate surface area is 276 Å². The predicted molar refractivity (Wildman–Crippen MR) is 177 cm³/mol. The SMILES string of the molecule is COCCCNC(=O)C[C@H]1C[C@H](C(=O)N2CCOCC2)[C@@]2(CCC3CCCC3)c3[nH]c4cc(-c5ccco5)ccc4c3CCN2C1=O. The number of rotatable bonds is 11. The number of amides is 3. The highest BCUT2D eigenvalue weighted by molar-refractivity contribution is 5.94. The van der Waals surface area contributed by atoms with E-state index in [-0.39, 0.29) is 24.1 Å². The molecule has 3 atom stereocenters. The number of aromatic nitrogens is 1. The molecule has 2 N–H and O–H groups in total. The number of nitrogens with zero attached hydrogens (tertiary/aromatic N) is 2. The molecule has 3 fully saturated rings. The van der Waals surface area contributed by atoms with Crippen LogP contribution in [0.1, 0.15) is 69.0 Å². The van der Waals surface area contributed by atoms with E-state index in [0.29, 0.717) is 71.2 Å². The van der Waals surface area contributed by atoms with Crippen LogP contribution in [0.25, 0.3) is 22.2 Å². The van der Waals surface area contributed by atoms with Gasteiger partial charge in [-0.05, 0) is 61.8 Å². The maximum atomic E-state index is 14.8. The van der Waals surface area contributed by atoms with Gasteiger partial charge >= 0.3 is 0 Å². The third-order valence-corrected chi connectivity index (χ3v) is 11.2. The number of piperidine rings is 1. The van der Waals surface area contributed by atoms with Crippen molar-refractivity contribution in [3.8, 4) is 11.3 Å². The first kappa shape index (κ1) is 31.9. The monoisotopic (exact) mass is 644 g/mol. The molecule has 0 spiro atoms. The van der Waals surface area contributed by atoms with Crippen molar-refractivity contribution in [1.29, 1.82) is 0 Å². The Balaban J connectivity index is 1.30. The van der Waals surface area contributed by atoms with Gasteiger partial charge in [-0.25, -0.2) is 0 Å². The van der Waals surface area contributed by atoms with Crippen LogP contribution in [0.5, 0.6) is 0 Å². The van der Waals surface area contributed by atoms with E-state index in [0.717, 1.165) is 40.8 Å². The molecule has 3 aromatic rings. The van der Waals surface area contributed by atoms with Crippen LogP contribution in [0.2, 0.25) is 0 Å². The minimum absolute atomic E-state index is 0.00456. The molecule has 3 aliphatic heterocycles. The summed E-state index contributed by atoms with van der Waals surface area (Å²) in [7, 11) is 1.64. The van der Waals surface area contributed by atoms with Gasteiger partial charge in [0.1, 0.15) is 5.76 Å². The van der Waals surface area contributed by atoms with E-state index in [4.69, 9.17) is 13.9 Å². The summed E-state index contributed by atoms with van der Waals surface area (Å²) in [5.41, 5.74) is 3.38. The summed E-state index contributed by atoms with van der Waals surface area (Å²) in [6, 6.07) is 10.2. The van der Waals surface area contributed by atoms with Crippen molar-refractivity contribution < 1.29 is 28.3 Å². The topological polar surface area (TPSA) is 117 Å². The lowest BCUT2D eigenvalue weighted by atomic mass is 9.64. The highest BCUT2D eigenvalue weighted by Crippen LogP contribution is 2.54. The first-order valence-electron chi connectivity index (χ1n) is 17.6. The number of carbonyl (C=O) groups is 3. The van der Waals surface area contributed by atoms with Gasteiger partial charge in [-0.15, -0.1) is 0 Å². The smallest absolute Gasteiger partial charge is 0.228 e. The Kier molecular flexibility index (Phi) is 9.41. The lowest BCUT2D eigenvalue weighted by molar-refractivity contribution is -0.169. The molecule has 10 nitrogen and oxygen atoms in total. The average Bonchev–Trinajstić information content (AvgIpc) is 3.89. The van der Waals surface area contributed by atoms with Gasteiger partial charge in [0.25, 0.3) is 0 Å². The molecular weight excluding hydrogens is 596 g/mol. The largest absolute Gasteiger partial charge is 0.464 e. The molecule has 47 heavy (non-hydrogen) atoms. The van der Waals surface area contributed by atoms with Crippen LogP contribution in [-0.4, -0.2) is 85.6 Å². The lowest BCUT2D eigenvalue weighted by Gasteiger charge is -2.56. The molecule has 2 saturated heterocycles. The quantitative estimate of drug-likeness (QED) is 0.284. The molecule has 1 aliphatic carbocycles. The van der Waals surface area contributed by atoms with Gasteiger partial charge in [0.15, 0.2) is 0 Å².